The van der Waals surface area contributed by atoms with E-state index in [1.165, 1.54) is 28.8 Å². The van der Waals surface area contributed by atoms with Crippen LogP contribution in [0.1, 0.15) is 50.2 Å². The average molecular weight is 436 g/mol. The summed E-state index contributed by atoms with van der Waals surface area (Å²) in [6.07, 6.45) is 11.0. The summed E-state index contributed by atoms with van der Waals surface area (Å²) in [5.74, 6) is 0.731. The van der Waals surface area contributed by atoms with Gasteiger partial charge in [-0.3, -0.25) is 0 Å². The van der Waals surface area contributed by atoms with E-state index in [0.29, 0.717) is 6.42 Å². The van der Waals surface area contributed by atoms with Crippen molar-refractivity contribution in [1.82, 2.24) is 4.90 Å². The Hall–Kier alpha value is -2.72. The van der Waals surface area contributed by atoms with Crippen molar-refractivity contribution < 1.29 is 13.9 Å². The number of Topliss-reactive ketones (excluding diaryl/α,β-unsaturated/α-hetero) is 1. The predicted molar refractivity (Wildman–Crippen MR) is 129 cm³/mol. The van der Waals surface area contributed by atoms with E-state index in [0.717, 1.165) is 51.1 Å². The zero-order chi connectivity index (χ0) is 22.8. The largest absolute Gasteiger partial charge is 0.490 e. The second kappa shape index (κ2) is 12.4. The second-order valence-corrected chi connectivity index (χ2v) is 8.54. The molecule has 1 saturated heterocycles. The van der Waals surface area contributed by atoms with E-state index >= 15 is 0 Å². The topological polar surface area (TPSA) is 29.5 Å². The van der Waals surface area contributed by atoms with Gasteiger partial charge in [-0.25, -0.2) is 4.39 Å². The number of aryl methyl sites for hydroxylation is 1. The van der Waals surface area contributed by atoms with E-state index in [4.69, 9.17) is 4.74 Å². The molecule has 1 aliphatic rings. The Labute approximate surface area is 191 Å². The molecule has 0 radical (unpaired) electrons. The maximum Gasteiger partial charge on any atom is 0.130 e. The van der Waals surface area contributed by atoms with Crippen LogP contribution in [-0.2, 0) is 4.79 Å². The van der Waals surface area contributed by atoms with Gasteiger partial charge in [0.05, 0.1) is 0 Å². The van der Waals surface area contributed by atoms with Gasteiger partial charge in [-0.1, -0.05) is 42.5 Å². The number of piperidine rings is 1. The highest BCUT2D eigenvalue weighted by atomic mass is 19.1. The third-order valence-corrected chi connectivity index (χ3v) is 5.93. The van der Waals surface area contributed by atoms with Crippen LogP contribution in [0.2, 0.25) is 0 Å². The first-order valence-corrected chi connectivity index (χ1v) is 11.6. The number of carbonyl (C=O) groups is 1. The van der Waals surface area contributed by atoms with Crippen molar-refractivity contribution >= 4 is 11.4 Å². The zero-order valence-corrected chi connectivity index (χ0v) is 19.2. The summed E-state index contributed by atoms with van der Waals surface area (Å²) >= 11 is 0. The van der Waals surface area contributed by atoms with Gasteiger partial charge < -0.3 is 14.4 Å². The number of benzene rings is 2. The molecule has 3 nitrogen and oxygen atoms in total. The van der Waals surface area contributed by atoms with E-state index in [-0.39, 0.29) is 17.7 Å². The van der Waals surface area contributed by atoms with Crippen LogP contribution in [-0.4, -0.2) is 36.4 Å². The Morgan fingerprint density at radius 1 is 1.09 bits per heavy atom. The maximum absolute atomic E-state index is 13.0. The molecular formula is C28H34FNO2. The molecule has 1 aliphatic heterocycles. The van der Waals surface area contributed by atoms with Crippen LogP contribution in [0.25, 0.3) is 5.57 Å². The SMILES string of the molecule is CC(=O)CC/C(=C/C=C/CCN1CCC(Oc2ccc(F)cc2)CC1)c1ccccc1C. The molecule has 0 aliphatic carbocycles. The van der Waals surface area contributed by atoms with Gasteiger partial charge in [-0.05, 0) is 80.5 Å². The zero-order valence-electron chi connectivity index (χ0n) is 19.2. The number of likely N-dealkylation sites (tertiary alicyclic amines) is 1. The third-order valence-electron chi connectivity index (χ3n) is 5.93. The first kappa shape index (κ1) is 23.9. The van der Waals surface area contributed by atoms with E-state index in [2.05, 4.69) is 48.3 Å². The lowest BCUT2D eigenvalue weighted by Crippen LogP contribution is -2.38. The highest BCUT2D eigenvalue weighted by Crippen LogP contribution is 2.24. The van der Waals surface area contributed by atoms with E-state index in [9.17, 15) is 9.18 Å². The Balaban J connectivity index is 1.45. The smallest absolute Gasteiger partial charge is 0.130 e. The Kier molecular flexibility index (Phi) is 9.24. The Bertz CT molecular complexity index is 925. The fraction of sp³-hybridized carbons (Fsp3) is 0.393. The number of hydrogen-bond acceptors (Lipinski definition) is 3. The van der Waals surface area contributed by atoms with Crippen LogP contribution in [0.3, 0.4) is 0 Å². The maximum atomic E-state index is 13.0. The van der Waals surface area contributed by atoms with Gasteiger partial charge >= 0.3 is 0 Å². The monoisotopic (exact) mass is 435 g/mol. The third kappa shape index (κ3) is 7.76. The van der Waals surface area contributed by atoms with Crippen LogP contribution in [0.4, 0.5) is 4.39 Å². The number of hydrogen-bond donors (Lipinski definition) is 0. The van der Waals surface area contributed by atoms with Gasteiger partial charge in [0.25, 0.3) is 0 Å². The van der Waals surface area contributed by atoms with E-state index in [1.807, 2.05) is 6.07 Å². The van der Waals surface area contributed by atoms with Gasteiger partial charge in [0, 0.05) is 26.1 Å². The Morgan fingerprint density at radius 2 is 1.81 bits per heavy atom. The first-order chi connectivity index (χ1) is 15.5. The standard InChI is InChI=1S/C28H34FNO2/c1-22-8-5-6-10-28(22)24(12-11-23(2)31)9-4-3-7-19-30-20-17-27(18-21-30)32-26-15-13-25(29)14-16-26/h3-6,8-10,13-16,27H,7,11-12,17-21H2,1-2H3/b4-3+,24-9-. The molecular weight excluding hydrogens is 401 g/mol. The molecule has 170 valence electrons. The molecule has 0 spiro atoms. The molecule has 4 heteroatoms. The van der Waals surface area contributed by atoms with Crippen LogP contribution < -0.4 is 4.74 Å². The van der Waals surface area contributed by atoms with Gasteiger partial charge in [0.1, 0.15) is 23.5 Å². The molecule has 0 atom stereocenters. The average Bonchev–Trinajstić information content (AvgIpc) is 2.79. The lowest BCUT2D eigenvalue weighted by Gasteiger charge is -2.31. The molecule has 3 rings (SSSR count). The van der Waals surface area contributed by atoms with Crippen molar-refractivity contribution in [2.24, 2.45) is 0 Å². The minimum absolute atomic E-state index is 0.202. The summed E-state index contributed by atoms with van der Waals surface area (Å²) in [4.78, 5) is 13.9. The van der Waals surface area contributed by atoms with Crippen molar-refractivity contribution in [1.29, 1.82) is 0 Å². The fourth-order valence-corrected chi connectivity index (χ4v) is 4.05. The summed E-state index contributed by atoms with van der Waals surface area (Å²) in [7, 11) is 0. The fourth-order valence-electron chi connectivity index (χ4n) is 4.05. The number of nitrogens with zero attached hydrogens (tertiary/aromatic N) is 1. The number of ether oxygens (including phenoxy) is 1. The highest BCUT2D eigenvalue weighted by Gasteiger charge is 2.19. The van der Waals surface area contributed by atoms with Crippen LogP contribution in [0, 0.1) is 12.7 Å². The molecule has 0 amide bonds. The summed E-state index contributed by atoms with van der Waals surface area (Å²) in [6, 6.07) is 14.6. The summed E-state index contributed by atoms with van der Waals surface area (Å²) in [6.45, 7) is 6.83. The molecule has 32 heavy (non-hydrogen) atoms. The lowest BCUT2D eigenvalue weighted by molar-refractivity contribution is -0.116. The van der Waals surface area contributed by atoms with Crippen LogP contribution in [0.5, 0.6) is 5.75 Å². The quantitative estimate of drug-likeness (QED) is 0.406. The summed E-state index contributed by atoms with van der Waals surface area (Å²) < 4.78 is 19.0. The van der Waals surface area contributed by atoms with Crippen molar-refractivity contribution in [3.8, 4) is 5.75 Å². The molecule has 2 aromatic rings. The molecule has 1 fully saturated rings. The predicted octanol–water partition coefficient (Wildman–Crippen LogP) is 6.38. The molecule has 0 bridgehead atoms. The number of carbonyl (C=O) groups excluding carboxylic acids is 1. The molecule has 0 saturated carbocycles. The molecule has 1 heterocycles. The van der Waals surface area contributed by atoms with Gasteiger partial charge in [-0.15, -0.1) is 0 Å². The summed E-state index contributed by atoms with van der Waals surface area (Å²) in [5.41, 5.74) is 3.68. The number of rotatable bonds is 10. The van der Waals surface area contributed by atoms with Crippen molar-refractivity contribution in [2.45, 2.75) is 52.1 Å². The van der Waals surface area contributed by atoms with Gasteiger partial charge in [0.2, 0.25) is 0 Å². The number of ketones is 1. The molecule has 0 unspecified atom stereocenters. The van der Waals surface area contributed by atoms with Crippen LogP contribution in [0.15, 0.2) is 66.8 Å². The number of allylic oxidation sites excluding steroid dienone is 3. The Morgan fingerprint density at radius 3 is 2.50 bits per heavy atom. The normalized spacial score (nSPS) is 15.9. The van der Waals surface area contributed by atoms with E-state index < -0.39 is 0 Å². The minimum Gasteiger partial charge on any atom is -0.490 e. The molecule has 0 N–H and O–H groups in total. The number of halogens is 1. The van der Waals surface area contributed by atoms with E-state index in [1.54, 1.807) is 19.1 Å². The molecule has 2 aromatic carbocycles. The minimum atomic E-state index is -0.236. The first-order valence-electron chi connectivity index (χ1n) is 11.6. The highest BCUT2D eigenvalue weighted by molar-refractivity contribution is 5.79. The van der Waals surface area contributed by atoms with Gasteiger partial charge in [-0.2, -0.15) is 0 Å². The lowest BCUT2D eigenvalue weighted by atomic mass is 9.95. The van der Waals surface area contributed by atoms with Crippen molar-refractivity contribution in [2.75, 3.05) is 19.6 Å². The second-order valence-electron chi connectivity index (χ2n) is 8.54. The van der Waals surface area contributed by atoms with Crippen LogP contribution >= 0.6 is 0 Å². The molecule has 0 aromatic heterocycles. The van der Waals surface area contributed by atoms with Gasteiger partial charge in [0.15, 0.2) is 0 Å². The van der Waals surface area contributed by atoms with Crippen molar-refractivity contribution in [3.05, 3.63) is 83.7 Å². The van der Waals surface area contributed by atoms with Crippen molar-refractivity contribution in [3.63, 3.8) is 0 Å². The summed E-state index contributed by atoms with van der Waals surface area (Å²) in [5, 5.41) is 0.